The summed E-state index contributed by atoms with van der Waals surface area (Å²) in [6.45, 7) is 4.31. The minimum Gasteiger partial charge on any atom is -0.378 e. The van der Waals surface area contributed by atoms with Gasteiger partial charge in [0.15, 0.2) is 0 Å². The zero-order valence-corrected chi connectivity index (χ0v) is 13.8. The van der Waals surface area contributed by atoms with E-state index < -0.39 is 0 Å². The molecule has 2 aromatic rings. The molecule has 6 heteroatoms. The van der Waals surface area contributed by atoms with Gasteiger partial charge in [0.2, 0.25) is 0 Å². The number of rotatable bonds is 6. The predicted molar refractivity (Wildman–Crippen MR) is 91.5 cm³/mol. The highest BCUT2D eigenvalue weighted by Crippen LogP contribution is 2.33. The highest BCUT2D eigenvalue weighted by Gasteiger charge is 2.32. The molecule has 6 nitrogen and oxygen atoms in total. The predicted octanol–water partition coefficient (Wildman–Crippen LogP) is 2.27. The molecule has 1 atom stereocenters. The average Bonchev–Trinajstić information content (AvgIpc) is 3.46. The van der Waals surface area contributed by atoms with Gasteiger partial charge < -0.3 is 10.1 Å². The molecule has 1 saturated carbocycles. The first-order chi connectivity index (χ1) is 11.9. The van der Waals surface area contributed by atoms with Crippen molar-refractivity contribution in [2.24, 2.45) is 5.92 Å². The van der Waals surface area contributed by atoms with Gasteiger partial charge >= 0.3 is 0 Å². The third kappa shape index (κ3) is 3.88. The van der Waals surface area contributed by atoms with Crippen LogP contribution in [0.3, 0.4) is 0 Å². The third-order valence-electron chi connectivity index (χ3n) is 4.60. The number of pyridine rings is 1. The molecule has 1 aliphatic carbocycles. The standard InChI is InChI=1S/C18H23N5O/c1-2-15(10-19-6-1)11-21-17-5-7-20-18(22-17)16-13-24-9-8-23(16)12-14-3-4-14/h1-2,5-7,10,14,16H,3-4,8-9,11-13H2,(H,20,21,22)/t16-/m0/s1. The molecule has 126 valence electrons. The van der Waals surface area contributed by atoms with E-state index in [2.05, 4.69) is 26.3 Å². The van der Waals surface area contributed by atoms with Crippen LogP contribution in [0.25, 0.3) is 0 Å². The Morgan fingerprint density at radius 1 is 1.25 bits per heavy atom. The van der Waals surface area contributed by atoms with Gasteiger partial charge in [0, 0.05) is 38.2 Å². The minimum atomic E-state index is 0.166. The second kappa shape index (κ2) is 7.23. The van der Waals surface area contributed by atoms with Crippen LogP contribution >= 0.6 is 0 Å². The van der Waals surface area contributed by atoms with Crippen molar-refractivity contribution in [3.63, 3.8) is 0 Å². The van der Waals surface area contributed by atoms with E-state index in [0.29, 0.717) is 13.2 Å². The molecular weight excluding hydrogens is 302 g/mol. The van der Waals surface area contributed by atoms with E-state index in [4.69, 9.17) is 9.72 Å². The van der Waals surface area contributed by atoms with Gasteiger partial charge in [-0.25, -0.2) is 9.97 Å². The first-order valence-corrected chi connectivity index (χ1v) is 8.66. The topological polar surface area (TPSA) is 63.2 Å². The van der Waals surface area contributed by atoms with Crippen LogP contribution in [0.4, 0.5) is 5.82 Å². The van der Waals surface area contributed by atoms with Gasteiger partial charge in [-0.3, -0.25) is 9.88 Å². The second-order valence-corrected chi connectivity index (χ2v) is 6.54. The van der Waals surface area contributed by atoms with E-state index in [1.54, 1.807) is 6.20 Å². The van der Waals surface area contributed by atoms with Crippen molar-refractivity contribution in [1.29, 1.82) is 0 Å². The molecule has 3 heterocycles. The second-order valence-electron chi connectivity index (χ2n) is 6.54. The number of nitrogens with zero attached hydrogens (tertiary/aromatic N) is 4. The molecule has 1 N–H and O–H groups in total. The Kier molecular flexibility index (Phi) is 4.66. The SMILES string of the molecule is c1cncc(CNc2ccnc([C@@H]3COCCN3CC3CC3)n2)c1. The average molecular weight is 325 g/mol. The lowest BCUT2D eigenvalue weighted by Gasteiger charge is -2.34. The molecule has 0 unspecified atom stereocenters. The monoisotopic (exact) mass is 325 g/mol. The number of anilines is 1. The molecule has 1 saturated heterocycles. The molecule has 2 fully saturated rings. The number of nitrogens with one attached hydrogen (secondary N) is 1. The van der Waals surface area contributed by atoms with Crippen LogP contribution in [-0.2, 0) is 11.3 Å². The number of ether oxygens (including phenoxy) is 1. The van der Waals surface area contributed by atoms with Gasteiger partial charge in [-0.1, -0.05) is 6.07 Å². The Bertz CT molecular complexity index is 661. The van der Waals surface area contributed by atoms with Gasteiger partial charge in [0.1, 0.15) is 11.6 Å². The fraction of sp³-hybridized carbons (Fsp3) is 0.500. The van der Waals surface area contributed by atoms with Crippen molar-refractivity contribution < 1.29 is 4.74 Å². The Balaban J connectivity index is 1.44. The molecular formula is C18H23N5O. The van der Waals surface area contributed by atoms with Crippen molar-refractivity contribution in [3.8, 4) is 0 Å². The van der Waals surface area contributed by atoms with Crippen LogP contribution in [0.1, 0.15) is 30.3 Å². The van der Waals surface area contributed by atoms with Gasteiger partial charge in [0.05, 0.1) is 19.3 Å². The molecule has 4 rings (SSSR count). The van der Waals surface area contributed by atoms with Gasteiger partial charge in [-0.15, -0.1) is 0 Å². The number of hydrogen-bond acceptors (Lipinski definition) is 6. The summed E-state index contributed by atoms with van der Waals surface area (Å²) in [7, 11) is 0. The summed E-state index contributed by atoms with van der Waals surface area (Å²) in [5, 5.41) is 3.36. The summed E-state index contributed by atoms with van der Waals surface area (Å²) in [5.41, 5.74) is 1.13. The maximum atomic E-state index is 5.69. The van der Waals surface area contributed by atoms with Gasteiger partial charge in [-0.05, 0) is 36.5 Å². The minimum absolute atomic E-state index is 0.166. The molecule has 24 heavy (non-hydrogen) atoms. The van der Waals surface area contributed by atoms with Crippen molar-refractivity contribution in [3.05, 3.63) is 48.2 Å². The summed E-state index contributed by atoms with van der Waals surface area (Å²) >= 11 is 0. The molecule has 0 spiro atoms. The van der Waals surface area contributed by atoms with Crippen LogP contribution in [0, 0.1) is 5.92 Å². The van der Waals surface area contributed by atoms with E-state index in [0.717, 1.165) is 42.8 Å². The van der Waals surface area contributed by atoms with Crippen LogP contribution in [-0.4, -0.2) is 46.2 Å². The van der Waals surface area contributed by atoms with Crippen molar-refractivity contribution in [2.75, 3.05) is 31.6 Å². The largest absolute Gasteiger partial charge is 0.378 e. The van der Waals surface area contributed by atoms with Crippen LogP contribution in [0.2, 0.25) is 0 Å². The highest BCUT2D eigenvalue weighted by molar-refractivity contribution is 5.34. The van der Waals surface area contributed by atoms with Crippen LogP contribution in [0.5, 0.6) is 0 Å². The molecule has 0 aromatic carbocycles. The first-order valence-electron chi connectivity index (χ1n) is 8.66. The molecule has 0 bridgehead atoms. The summed E-state index contributed by atoms with van der Waals surface area (Å²) in [6.07, 6.45) is 8.19. The zero-order chi connectivity index (χ0) is 16.2. The van der Waals surface area contributed by atoms with E-state index in [1.165, 1.54) is 12.8 Å². The quantitative estimate of drug-likeness (QED) is 0.879. The molecule has 0 amide bonds. The number of aromatic nitrogens is 3. The summed E-state index contributed by atoms with van der Waals surface area (Å²) < 4.78 is 5.69. The number of morpholine rings is 1. The zero-order valence-electron chi connectivity index (χ0n) is 13.8. The van der Waals surface area contributed by atoms with E-state index in [1.807, 2.05) is 24.5 Å². The maximum absolute atomic E-state index is 5.69. The fourth-order valence-corrected chi connectivity index (χ4v) is 3.05. The lowest BCUT2D eigenvalue weighted by molar-refractivity contribution is -0.0137. The van der Waals surface area contributed by atoms with Crippen molar-refractivity contribution in [1.82, 2.24) is 19.9 Å². The summed E-state index contributed by atoms with van der Waals surface area (Å²) in [5.74, 6) is 2.56. The normalized spacial score (nSPS) is 21.6. The molecule has 2 aliphatic rings. The van der Waals surface area contributed by atoms with Crippen molar-refractivity contribution >= 4 is 5.82 Å². The number of hydrogen-bond donors (Lipinski definition) is 1. The Morgan fingerprint density at radius 2 is 2.21 bits per heavy atom. The molecule has 1 aliphatic heterocycles. The smallest absolute Gasteiger partial charge is 0.150 e. The summed E-state index contributed by atoms with van der Waals surface area (Å²) in [4.78, 5) is 15.9. The Morgan fingerprint density at radius 3 is 3.04 bits per heavy atom. The lowest BCUT2D eigenvalue weighted by Crippen LogP contribution is -2.41. The van der Waals surface area contributed by atoms with Crippen LogP contribution in [0.15, 0.2) is 36.8 Å². The Hall–Kier alpha value is -2.05. The van der Waals surface area contributed by atoms with E-state index in [-0.39, 0.29) is 6.04 Å². The van der Waals surface area contributed by atoms with Crippen molar-refractivity contribution in [2.45, 2.75) is 25.4 Å². The van der Waals surface area contributed by atoms with E-state index in [9.17, 15) is 0 Å². The molecule has 0 radical (unpaired) electrons. The lowest BCUT2D eigenvalue weighted by atomic mass is 10.2. The van der Waals surface area contributed by atoms with Crippen LogP contribution < -0.4 is 5.32 Å². The highest BCUT2D eigenvalue weighted by atomic mass is 16.5. The maximum Gasteiger partial charge on any atom is 0.150 e. The first kappa shape index (κ1) is 15.5. The fourth-order valence-electron chi connectivity index (χ4n) is 3.05. The van der Waals surface area contributed by atoms with Gasteiger partial charge in [-0.2, -0.15) is 0 Å². The van der Waals surface area contributed by atoms with Gasteiger partial charge in [0.25, 0.3) is 0 Å². The van der Waals surface area contributed by atoms with E-state index >= 15 is 0 Å². The third-order valence-corrected chi connectivity index (χ3v) is 4.60. The summed E-state index contributed by atoms with van der Waals surface area (Å²) in [6, 6.07) is 6.07. The Labute approximate surface area is 142 Å². The molecule has 2 aromatic heterocycles.